The molecular weight excluding hydrogens is 286 g/mol. The van der Waals surface area contributed by atoms with E-state index in [1.54, 1.807) is 0 Å². The van der Waals surface area contributed by atoms with Gasteiger partial charge in [-0.05, 0) is 25.5 Å². The molecule has 20 heavy (non-hydrogen) atoms. The zero-order chi connectivity index (χ0) is 13.9. The Kier molecular flexibility index (Phi) is 4.64. The maximum absolute atomic E-state index is 6.03. The molecule has 0 amide bonds. The van der Waals surface area contributed by atoms with E-state index in [0.29, 0.717) is 0 Å². The molecule has 1 aromatic carbocycles. The summed E-state index contributed by atoms with van der Waals surface area (Å²) in [6.07, 6.45) is 0. The summed E-state index contributed by atoms with van der Waals surface area (Å²) in [4.78, 5) is 0. The normalized spacial score (nSPS) is 21.2. The molecule has 1 aliphatic rings. The number of aryl methyl sites for hydroxylation is 1. The van der Waals surface area contributed by atoms with Crippen LogP contribution in [-0.2, 0) is 0 Å². The molecule has 1 fully saturated rings. The first-order valence-electron chi connectivity index (χ1n) is 7.16. The topological polar surface area (TPSA) is 25.2 Å². The molecule has 1 saturated heterocycles. The van der Waals surface area contributed by atoms with Gasteiger partial charge in [0.25, 0.3) is 0 Å². The first-order valence-corrected chi connectivity index (χ1v) is 9.37. The third kappa shape index (κ3) is 3.02. The number of para-hydroxylation sites is 1. The summed E-state index contributed by atoms with van der Waals surface area (Å²) >= 11 is 4.17. The highest BCUT2D eigenvalue weighted by atomic mass is 32.2. The van der Waals surface area contributed by atoms with E-state index in [0.717, 1.165) is 23.1 Å². The van der Waals surface area contributed by atoms with E-state index >= 15 is 0 Å². The highest BCUT2D eigenvalue weighted by Gasteiger charge is 2.19. The molecule has 2 atom stereocenters. The van der Waals surface area contributed by atoms with Crippen LogP contribution in [0.3, 0.4) is 0 Å². The number of thioether (sulfide) groups is 2. The fraction of sp³-hybridized carbons (Fsp3) is 0.500. The van der Waals surface area contributed by atoms with Gasteiger partial charge in [0.15, 0.2) is 0 Å². The van der Waals surface area contributed by atoms with Gasteiger partial charge in [0.2, 0.25) is 0 Å². The summed E-state index contributed by atoms with van der Waals surface area (Å²) in [5.41, 5.74) is 2.27. The fourth-order valence-electron chi connectivity index (χ4n) is 2.66. The largest absolute Gasteiger partial charge is 0.459 e. The van der Waals surface area contributed by atoms with Crippen molar-refractivity contribution >= 4 is 34.5 Å². The van der Waals surface area contributed by atoms with Gasteiger partial charge in [0.05, 0.1) is 6.04 Å². The third-order valence-corrected chi connectivity index (χ3v) is 6.66. The van der Waals surface area contributed by atoms with E-state index in [9.17, 15) is 0 Å². The highest BCUT2D eigenvalue weighted by Crippen LogP contribution is 2.30. The standard InChI is InChI=1S/C16H21NOS2/c1-11-14-5-3-4-6-15(14)18-16(11)12(2)17-9-13-10-19-7-8-20-13/h3-6,12-13,17H,7-10H2,1-2H3. The van der Waals surface area contributed by atoms with Crippen molar-refractivity contribution in [1.82, 2.24) is 5.32 Å². The third-order valence-electron chi connectivity index (χ3n) is 3.81. The fourth-order valence-corrected chi connectivity index (χ4v) is 5.29. The SMILES string of the molecule is Cc1c(C(C)NCC2CSCCS2)oc2ccccc12. The van der Waals surface area contributed by atoms with Gasteiger partial charge in [0, 0.05) is 34.4 Å². The predicted octanol–water partition coefficient (Wildman–Crippen LogP) is 4.24. The van der Waals surface area contributed by atoms with Gasteiger partial charge >= 0.3 is 0 Å². The highest BCUT2D eigenvalue weighted by molar-refractivity contribution is 8.06. The maximum atomic E-state index is 6.03. The lowest BCUT2D eigenvalue weighted by atomic mass is 10.1. The molecule has 2 unspecified atom stereocenters. The van der Waals surface area contributed by atoms with Crippen molar-refractivity contribution in [1.29, 1.82) is 0 Å². The van der Waals surface area contributed by atoms with Gasteiger partial charge < -0.3 is 9.73 Å². The summed E-state index contributed by atoms with van der Waals surface area (Å²) < 4.78 is 6.03. The first kappa shape index (κ1) is 14.4. The molecule has 108 valence electrons. The Morgan fingerprint density at radius 3 is 2.95 bits per heavy atom. The van der Waals surface area contributed by atoms with Crippen LogP contribution in [0.2, 0.25) is 0 Å². The lowest BCUT2D eigenvalue weighted by molar-refractivity contribution is 0.450. The molecule has 0 radical (unpaired) electrons. The molecule has 2 nitrogen and oxygen atoms in total. The minimum atomic E-state index is 0.273. The molecule has 0 bridgehead atoms. The molecule has 1 aliphatic heterocycles. The van der Waals surface area contributed by atoms with E-state index in [1.807, 2.05) is 12.1 Å². The lowest BCUT2D eigenvalue weighted by Crippen LogP contribution is -2.30. The molecule has 2 heterocycles. The Labute approximate surface area is 129 Å². The minimum Gasteiger partial charge on any atom is -0.459 e. The zero-order valence-electron chi connectivity index (χ0n) is 12.0. The number of benzene rings is 1. The molecule has 0 saturated carbocycles. The summed E-state index contributed by atoms with van der Waals surface area (Å²) in [5, 5.41) is 5.61. The molecule has 2 aromatic rings. The Morgan fingerprint density at radius 1 is 1.35 bits per heavy atom. The Morgan fingerprint density at radius 2 is 2.20 bits per heavy atom. The number of rotatable bonds is 4. The van der Waals surface area contributed by atoms with E-state index in [4.69, 9.17) is 4.42 Å². The second kappa shape index (κ2) is 6.46. The van der Waals surface area contributed by atoms with Gasteiger partial charge in [-0.1, -0.05) is 18.2 Å². The summed E-state index contributed by atoms with van der Waals surface area (Å²) in [7, 11) is 0. The summed E-state index contributed by atoms with van der Waals surface area (Å²) in [6.45, 7) is 5.42. The van der Waals surface area contributed by atoms with Gasteiger partial charge in [-0.3, -0.25) is 0 Å². The Hall–Kier alpha value is -0.580. The van der Waals surface area contributed by atoms with Gasteiger partial charge in [-0.15, -0.1) is 0 Å². The van der Waals surface area contributed by atoms with E-state index < -0.39 is 0 Å². The van der Waals surface area contributed by atoms with Crippen LogP contribution in [0.15, 0.2) is 28.7 Å². The second-order valence-corrected chi connectivity index (χ2v) is 7.84. The molecule has 0 spiro atoms. The van der Waals surface area contributed by atoms with Crippen molar-refractivity contribution < 1.29 is 4.42 Å². The van der Waals surface area contributed by atoms with Crippen molar-refractivity contribution in [2.45, 2.75) is 25.1 Å². The number of nitrogens with one attached hydrogen (secondary N) is 1. The van der Waals surface area contributed by atoms with Crippen molar-refractivity contribution in [2.24, 2.45) is 0 Å². The van der Waals surface area contributed by atoms with Gasteiger partial charge in [-0.2, -0.15) is 23.5 Å². The molecule has 3 rings (SSSR count). The molecular formula is C16H21NOS2. The second-order valence-electron chi connectivity index (χ2n) is 5.29. The van der Waals surface area contributed by atoms with Gasteiger partial charge in [0.1, 0.15) is 11.3 Å². The van der Waals surface area contributed by atoms with Crippen LogP contribution in [0.25, 0.3) is 11.0 Å². The van der Waals surface area contributed by atoms with E-state index in [1.165, 1.54) is 28.2 Å². The van der Waals surface area contributed by atoms with Gasteiger partial charge in [-0.25, -0.2) is 0 Å². The monoisotopic (exact) mass is 307 g/mol. The van der Waals surface area contributed by atoms with Crippen LogP contribution in [0.5, 0.6) is 0 Å². The number of furan rings is 1. The smallest absolute Gasteiger partial charge is 0.134 e. The van der Waals surface area contributed by atoms with Crippen LogP contribution in [-0.4, -0.2) is 29.1 Å². The quantitative estimate of drug-likeness (QED) is 0.913. The average molecular weight is 307 g/mol. The molecule has 0 aliphatic carbocycles. The number of hydrogen-bond donors (Lipinski definition) is 1. The maximum Gasteiger partial charge on any atom is 0.134 e. The Balaban J connectivity index is 1.68. The van der Waals surface area contributed by atoms with Crippen molar-refractivity contribution in [3.63, 3.8) is 0 Å². The van der Waals surface area contributed by atoms with Crippen LogP contribution in [0.4, 0.5) is 0 Å². The predicted molar refractivity (Wildman–Crippen MR) is 90.9 cm³/mol. The molecule has 4 heteroatoms. The van der Waals surface area contributed by atoms with Crippen LogP contribution < -0.4 is 5.32 Å². The summed E-state index contributed by atoms with van der Waals surface area (Å²) in [6, 6.07) is 8.56. The zero-order valence-corrected chi connectivity index (χ0v) is 13.7. The van der Waals surface area contributed by atoms with Crippen molar-refractivity contribution in [3.05, 3.63) is 35.6 Å². The summed E-state index contributed by atoms with van der Waals surface area (Å²) in [5.74, 6) is 4.94. The van der Waals surface area contributed by atoms with Crippen LogP contribution in [0, 0.1) is 6.92 Å². The Bertz CT molecular complexity index is 575. The molecule has 1 aromatic heterocycles. The van der Waals surface area contributed by atoms with E-state index in [2.05, 4.69) is 54.8 Å². The number of hydrogen-bond acceptors (Lipinski definition) is 4. The van der Waals surface area contributed by atoms with Crippen molar-refractivity contribution in [2.75, 3.05) is 23.8 Å². The van der Waals surface area contributed by atoms with E-state index in [-0.39, 0.29) is 6.04 Å². The molecule has 1 N–H and O–H groups in total. The van der Waals surface area contributed by atoms with Crippen molar-refractivity contribution in [3.8, 4) is 0 Å². The average Bonchev–Trinajstić information content (AvgIpc) is 2.84. The lowest BCUT2D eigenvalue weighted by Gasteiger charge is -2.23. The van der Waals surface area contributed by atoms with Crippen LogP contribution >= 0.6 is 23.5 Å². The first-order chi connectivity index (χ1) is 9.75. The number of fused-ring (bicyclic) bond motifs is 1. The van der Waals surface area contributed by atoms with Crippen LogP contribution in [0.1, 0.15) is 24.3 Å². The minimum absolute atomic E-state index is 0.273.